The molecule has 0 spiro atoms. The van der Waals surface area contributed by atoms with E-state index in [4.69, 9.17) is 9.84 Å². The monoisotopic (exact) mass is 388 g/mol. The Morgan fingerprint density at radius 2 is 2.11 bits per heavy atom. The molecule has 1 aliphatic rings. The zero-order chi connectivity index (χ0) is 20.3. The lowest BCUT2D eigenvalue weighted by atomic mass is 9.93. The maximum Gasteiger partial charge on any atom is 0.234 e. The first-order chi connectivity index (χ1) is 13.3. The number of aryl methyl sites for hydroxylation is 1. The summed E-state index contributed by atoms with van der Waals surface area (Å²) < 4.78 is 7.06. The van der Waals surface area contributed by atoms with E-state index in [-0.39, 0.29) is 36.6 Å². The highest BCUT2D eigenvalue weighted by molar-refractivity contribution is 5.80. The van der Waals surface area contributed by atoms with Gasteiger partial charge in [-0.3, -0.25) is 14.5 Å². The number of nitrogens with one attached hydrogen (secondary N) is 1. The van der Waals surface area contributed by atoms with Gasteiger partial charge in [-0.15, -0.1) is 0 Å². The minimum Gasteiger partial charge on any atom is -0.474 e. The van der Waals surface area contributed by atoms with Gasteiger partial charge in [-0.25, -0.2) is 0 Å². The van der Waals surface area contributed by atoms with Gasteiger partial charge in [0.1, 0.15) is 12.4 Å². The Morgan fingerprint density at radius 3 is 2.75 bits per heavy atom. The molecular weight excluding hydrogens is 360 g/mol. The number of hydrogen-bond acceptors (Lipinski definition) is 7. The SMILES string of the molecule is Cn1cc([C@H]2[C@H](CNc3cncc(OCCO)n3)CC(=O)N2C(C)(C)C)cn1. The fourth-order valence-corrected chi connectivity index (χ4v) is 3.68. The second-order valence-corrected chi connectivity index (χ2v) is 7.99. The Kier molecular flexibility index (Phi) is 5.83. The number of likely N-dealkylation sites (tertiary alicyclic amines) is 1. The van der Waals surface area contributed by atoms with Crippen molar-refractivity contribution in [3.8, 4) is 5.88 Å². The summed E-state index contributed by atoms with van der Waals surface area (Å²) in [5.74, 6) is 1.13. The van der Waals surface area contributed by atoms with Gasteiger partial charge in [-0.2, -0.15) is 10.1 Å². The van der Waals surface area contributed by atoms with E-state index >= 15 is 0 Å². The van der Waals surface area contributed by atoms with Crippen molar-refractivity contribution >= 4 is 11.7 Å². The molecule has 1 amide bonds. The third kappa shape index (κ3) is 4.41. The van der Waals surface area contributed by atoms with Crippen LogP contribution in [0.25, 0.3) is 0 Å². The standard InChI is InChI=1S/C19H28N6O3/c1-19(2,3)25-17(27)7-13(18(25)14-9-22-24(4)12-14)8-21-15-10-20-11-16(23-15)28-6-5-26/h9-13,18,26H,5-8H2,1-4H3,(H,21,23)/t13-,18+/m0/s1. The summed E-state index contributed by atoms with van der Waals surface area (Å²) in [6.45, 7) is 6.81. The van der Waals surface area contributed by atoms with Crippen molar-refractivity contribution < 1.29 is 14.6 Å². The number of carbonyl (C=O) groups excluding carboxylic acids is 1. The van der Waals surface area contributed by atoms with E-state index in [0.29, 0.717) is 24.7 Å². The number of rotatable bonds is 7. The second kappa shape index (κ2) is 8.14. The molecule has 2 aromatic heterocycles. The number of ether oxygens (including phenoxy) is 1. The largest absolute Gasteiger partial charge is 0.474 e. The predicted octanol–water partition coefficient (Wildman–Crippen LogP) is 1.38. The summed E-state index contributed by atoms with van der Waals surface area (Å²) in [4.78, 5) is 23.2. The van der Waals surface area contributed by atoms with Crippen molar-refractivity contribution in [2.24, 2.45) is 13.0 Å². The Hall–Kier alpha value is -2.68. The number of aromatic nitrogens is 4. The van der Waals surface area contributed by atoms with Crippen molar-refractivity contribution in [1.82, 2.24) is 24.6 Å². The van der Waals surface area contributed by atoms with Crippen LogP contribution in [0.5, 0.6) is 5.88 Å². The molecule has 0 saturated carbocycles. The Bertz CT molecular complexity index is 816. The van der Waals surface area contributed by atoms with Crippen LogP contribution < -0.4 is 10.1 Å². The van der Waals surface area contributed by atoms with E-state index in [2.05, 4.69) is 41.2 Å². The second-order valence-electron chi connectivity index (χ2n) is 7.99. The van der Waals surface area contributed by atoms with Crippen molar-refractivity contribution in [3.63, 3.8) is 0 Å². The van der Waals surface area contributed by atoms with Crippen LogP contribution in [0.1, 0.15) is 38.8 Å². The predicted molar refractivity (Wildman–Crippen MR) is 104 cm³/mol. The molecule has 28 heavy (non-hydrogen) atoms. The summed E-state index contributed by atoms with van der Waals surface area (Å²) in [6, 6.07) is -0.0597. The fraction of sp³-hybridized carbons (Fsp3) is 0.579. The first-order valence-corrected chi connectivity index (χ1v) is 9.40. The average molecular weight is 388 g/mol. The lowest BCUT2D eigenvalue weighted by Gasteiger charge is -2.38. The molecule has 0 radical (unpaired) electrons. The quantitative estimate of drug-likeness (QED) is 0.738. The lowest BCUT2D eigenvalue weighted by Crippen LogP contribution is -2.44. The minimum atomic E-state index is -0.288. The molecule has 0 bridgehead atoms. The zero-order valence-electron chi connectivity index (χ0n) is 16.8. The highest BCUT2D eigenvalue weighted by atomic mass is 16.5. The van der Waals surface area contributed by atoms with Gasteiger partial charge in [0.2, 0.25) is 11.8 Å². The molecule has 2 N–H and O–H groups in total. The summed E-state index contributed by atoms with van der Waals surface area (Å²) in [5.41, 5.74) is 0.741. The molecule has 0 aromatic carbocycles. The van der Waals surface area contributed by atoms with Gasteiger partial charge in [0.05, 0.1) is 31.2 Å². The Balaban J connectivity index is 1.77. The topological polar surface area (TPSA) is 105 Å². The number of amides is 1. The van der Waals surface area contributed by atoms with Gasteiger partial charge in [0.15, 0.2) is 0 Å². The molecule has 0 unspecified atom stereocenters. The van der Waals surface area contributed by atoms with Gasteiger partial charge in [0, 0.05) is 43.2 Å². The first-order valence-electron chi connectivity index (χ1n) is 9.40. The molecule has 3 rings (SSSR count). The number of aliphatic hydroxyl groups excluding tert-OH is 1. The van der Waals surface area contributed by atoms with Crippen molar-refractivity contribution in [1.29, 1.82) is 0 Å². The van der Waals surface area contributed by atoms with E-state index in [1.165, 1.54) is 6.20 Å². The van der Waals surface area contributed by atoms with E-state index in [1.54, 1.807) is 10.9 Å². The summed E-state index contributed by atoms with van der Waals surface area (Å²) >= 11 is 0. The Labute approximate surface area is 164 Å². The normalized spacial score (nSPS) is 19.9. The number of aliphatic hydroxyl groups is 1. The molecule has 3 heterocycles. The molecule has 0 aliphatic carbocycles. The highest BCUT2D eigenvalue weighted by Crippen LogP contribution is 2.42. The lowest BCUT2D eigenvalue weighted by molar-refractivity contribution is -0.133. The van der Waals surface area contributed by atoms with Gasteiger partial charge < -0.3 is 20.1 Å². The van der Waals surface area contributed by atoms with Crippen molar-refractivity contribution in [3.05, 3.63) is 30.4 Å². The van der Waals surface area contributed by atoms with E-state index < -0.39 is 0 Å². The molecule has 152 valence electrons. The van der Waals surface area contributed by atoms with Crippen LogP contribution in [-0.4, -0.2) is 61.0 Å². The van der Waals surface area contributed by atoms with E-state index in [0.717, 1.165) is 5.56 Å². The minimum absolute atomic E-state index is 0.0597. The van der Waals surface area contributed by atoms with Crippen molar-refractivity contribution in [2.45, 2.75) is 38.8 Å². The third-order valence-electron chi connectivity index (χ3n) is 4.72. The third-order valence-corrected chi connectivity index (χ3v) is 4.72. The number of hydrogen-bond donors (Lipinski definition) is 2. The highest BCUT2D eigenvalue weighted by Gasteiger charge is 2.45. The van der Waals surface area contributed by atoms with Gasteiger partial charge in [0.25, 0.3) is 0 Å². The Morgan fingerprint density at radius 1 is 1.32 bits per heavy atom. The molecule has 1 fully saturated rings. The maximum absolute atomic E-state index is 12.8. The van der Waals surface area contributed by atoms with Crippen LogP contribution in [0.3, 0.4) is 0 Å². The summed E-state index contributed by atoms with van der Waals surface area (Å²) in [7, 11) is 1.88. The van der Waals surface area contributed by atoms with E-state index in [9.17, 15) is 4.79 Å². The van der Waals surface area contributed by atoms with Crippen LogP contribution >= 0.6 is 0 Å². The molecule has 9 heteroatoms. The smallest absolute Gasteiger partial charge is 0.234 e. The summed E-state index contributed by atoms with van der Waals surface area (Å²) in [6.07, 6.45) is 7.37. The zero-order valence-corrected chi connectivity index (χ0v) is 16.8. The molecule has 2 atom stereocenters. The molecule has 2 aromatic rings. The molecule has 1 aliphatic heterocycles. The fourth-order valence-electron chi connectivity index (χ4n) is 3.68. The van der Waals surface area contributed by atoms with Crippen LogP contribution in [0.15, 0.2) is 24.8 Å². The molecule has 9 nitrogen and oxygen atoms in total. The van der Waals surface area contributed by atoms with Crippen molar-refractivity contribution in [2.75, 3.05) is 25.1 Å². The molecular formula is C19H28N6O3. The molecule has 1 saturated heterocycles. The van der Waals surface area contributed by atoms with Crippen LogP contribution in [0.2, 0.25) is 0 Å². The van der Waals surface area contributed by atoms with Crippen LogP contribution in [0.4, 0.5) is 5.82 Å². The number of carbonyl (C=O) groups is 1. The van der Waals surface area contributed by atoms with Crippen LogP contribution in [0, 0.1) is 5.92 Å². The maximum atomic E-state index is 12.8. The van der Waals surface area contributed by atoms with Gasteiger partial charge >= 0.3 is 0 Å². The van der Waals surface area contributed by atoms with E-state index in [1.807, 2.05) is 24.3 Å². The average Bonchev–Trinajstić information content (AvgIpc) is 3.21. The van der Waals surface area contributed by atoms with Gasteiger partial charge in [-0.05, 0) is 20.8 Å². The summed E-state index contributed by atoms with van der Waals surface area (Å²) in [5, 5.41) is 16.4. The van der Waals surface area contributed by atoms with Crippen LogP contribution in [-0.2, 0) is 11.8 Å². The number of anilines is 1. The van der Waals surface area contributed by atoms with Gasteiger partial charge in [-0.1, -0.05) is 0 Å². The first kappa shape index (κ1) is 20.1. The number of nitrogens with zero attached hydrogens (tertiary/aromatic N) is 5.